The summed E-state index contributed by atoms with van der Waals surface area (Å²) in [7, 11) is 1.69. The van der Waals surface area contributed by atoms with E-state index in [1.165, 1.54) is 0 Å². The Balaban J connectivity index is 2.00. The second-order valence-electron chi connectivity index (χ2n) is 5.18. The normalized spacial score (nSPS) is 31.3. The summed E-state index contributed by atoms with van der Waals surface area (Å²) in [6.45, 7) is 0.820. The minimum atomic E-state index is -1.33. The van der Waals surface area contributed by atoms with Gasteiger partial charge in [-0.15, -0.1) is 0 Å². The first kappa shape index (κ1) is 13.8. The lowest BCUT2D eigenvalue weighted by Crippen LogP contribution is -2.57. The van der Waals surface area contributed by atoms with Crippen LogP contribution in [0.4, 0.5) is 0 Å². The maximum atomic E-state index is 12.1. The number of carboxylic acids is 1. The van der Waals surface area contributed by atoms with E-state index in [9.17, 15) is 19.5 Å². The molecule has 2 amide bonds. The van der Waals surface area contributed by atoms with Crippen LogP contribution in [0.5, 0.6) is 0 Å². The van der Waals surface area contributed by atoms with E-state index in [2.05, 4.69) is 5.32 Å². The second-order valence-corrected chi connectivity index (χ2v) is 5.18. The predicted octanol–water partition coefficient (Wildman–Crippen LogP) is -0.785. The number of hydrogen-bond acceptors (Lipinski definition) is 4. The van der Waals surface area contributed by atoms with Crippen molar-refractivity contribution < 1.29 is 24.2 Å². The van der Waals surface area contributed by atoms with E-state index in [-0.39, 0.29) is 31.3 Å². The molecule has 2 aliphatic heterocycles. The van der Waals surface area contributed by atoms with Gasteiger partial charge in [0.25, 0.3) is 0 Å². The number of ether oxygens (including phenoxy) is 1. The highest BCUT2D eigenvalue weighted by atomic mass is 16.5. The van der Waals surface area contributed by atoms with E-state index in [0.717, 1.165) is 0 Å². The summed E-state index contributed by atoms with van der Waals surface area (Å²) in [4.78, 5) is 36.5. The van der Waals surface area contributed by atoms with Crippen molar-refractivity contribution in [3.63, 3.8) is 0 Å². The van der Waals surface area contributed by atoms with Gasteiger partial charge in [-0.25, -0.2) is 4.79 Å². The van der Waals surface area contributed by atoms with Crippen molar-refractivity contribution in [1.29, 1.82) is 0 Å². The van der Waals surface area contributed by atoms with Gasteiger partial charge in [-0.05, 0) is 6.42 Å². The summed E-state index contributed by atoms with van der Waals surface area (Å²) in [5, 5.41) is 11.8. The number of likely N-dealkylation sites (tertiary alicyclic amines) is 1. The standard InChI is InChI=1S/C12H18N2O5/c1-14-4-2-8(6-9(14)15)10(16)13-12(11(17)18)3-5-19-7-12/h8H,2-7H2,1H3,(H,13,16)(H,17,18). The number of carbonyl (C=O) groups excluding carboxylic acids is 2. The van der Waals surface area contributed by atoms with Crippen molar-refractivity contribution in [3.8, 4) is 0 Å². The molecule has 7 heteroatoms. The molecule has 7 nitrogen and oxygen atoms in total. The summed E-state index contributed by atoms with van der Waals surface area (Å²) in [5.41, 5.74) is -1.33. The highest BCUT2D eigenvalue weighted by molar-refractivity contribution is 5.91. The summed E-state index contributed by atoms with van der Waals surface area (Å²) in [6.07, 6.45) is 0.957. The fourth-order valence-electron chi connectivity index (χ4n) is 2.39. The summed E-state index contributed by atoms with van der Waals surface area (Å²) in [5.74, 6) is -1.98. The molecule has 0 saturated carbocycles. The highest BCUT2D eigenvalue weighted by Gasteiger charge is 2.45. The lowest BCUT2D eigenvalue weighted by atomic mass is 9.92. The van der Waals surface area contributed by atoms with Crippen molar-refractivity contribution in [2.45, 2.75) is 24.8 Å². The van der Waals surface area contributed by atoms with E-state index in [1.54, 1.807) is 11.9 Å². The number of amides is 2. The zero-order valence-corrected chi connectivity index (χ0v) is 10.8. The van der Waals surface area contributed by atoms with Crippen LogP contribution in [-0.2, 0) is 19.1 Å². The Labute approximate surface area is 110 Å². The van der Waals surface area contributed by atoms with Crippen molar-refractivity contribution in [1.82, 2.24) is 10.2 Å². The van der Waals surface area contributed by atoms with Crippen molar-refractivity contribution in [2.24, 2.45) is 5.92 Å². The molecule has 2 fully saturated rings. The first-order chi connectivity index (χ1) is 8.94. The Kier molecular flexibility index (Phi) is 3.75. The van der Waals surface area contributed by atoms with Crippen LogP contribution >= 0.6 is 0 Å². The van der Waals surface area contributed by atoms with Gasteiger partial charge < -0.3 is 20.1 Å². The van der Waals surface area contributed by atoms with Gasteiger partial charge in [0.2, 0.25) is 11.8 Å². The number of piperidine rings is 1. The van der Waals surface area contributed by atoms with Crippen LogP contribution in [0.15, 0.2) is 0 Å². The predicted molar refractivity (Wildman–Crippen MR) is 64.3 cm³/mol. The molecule has 2 rings (SSSR count). The van der Waals surface area contributed by atoms with Gasteiger partial charge >= 0.3 is 5.97 Å². The van der Waals surface area contributed by atoms with Crippen LogP contribution in [0, 0.1) is 5.92 Å². The van der Waals surface area contributed by atoms with Crippen LogP contribution in [0.25, 0.3) is 0 Å². The molecule has 2 saturated heterocycles. The minimum Gasteiger partial charge on any atom is -0.479 e. The molecule has 106 valence electrons. The topological polar surface area (TPSA) is 95.9 Å². The van der Waals surface area contributed by atoms with Crippen LogP contribution in [-0.4, -0.2) is 60.1 Å². The molecular formula is C12H18N2O5. The SMILES string of the molecule is CN1CCC(C(=O)NC2(C(=O)O)CCOC2)CC1=O. The van der Waals surface area contributed by atoms with E-state index in [1.807, 2.05) is 0 Å². The Morgan fingerprint density at radius 2 is 2.26 bits per heavy atom. The van der Waals surface area contributed by atoms with E-state index in [4.69, 9.17) is 4.74 Å². The van der Waals surface area contributed by atoms with Gasteiger partial charge in [-0.3, -0.25) is 9.59 Å². The molecule has 2 atom stereocenters. The number of rotatable bonds is 3. The van der Waals surface area contributed by atoms with Gasteiger partial charge in [0.05, 0.1) is 6.61 Å². The number of carbonyl (C=O) groups is 3. The zero-order chi connectivity index (χ0) is 14.0. The molecule has 0 aromatic heterocycles. The van der Waals surface area contributed by atoms with Gasteiger partial charge in [0.1, 0.15) is 0 Å². The van der Waals surface area contributed by atoms with E-state index in [0.29, 0.717) is 19.6 Å². The third kappa shape index (κ3) is 2.70. The molecule has 0 spiro atoms. The molecule has 19 heavy (non-hydrogen) atoms. The number of nitrogens with zero attached hydrogens (tertiary/aromatic N) is 1. The monoisotopic (exact) mass is 270 g/mol. The van der Waals surface area contributed by atoms with Crippen LogP contribution in [0.1, 0.15) is 19.3 Å². The number of carboxylic acid groups (broad SMARTS) is 1. The number of nitrogens with one attached hydrogen (secondary N) is 1. The number of aliphatic carboxylic acids is 1. The van der Waals surface area contributed by atoms with Crippen molar-refractivity contribution >= 4 is 17.8 Å². The van der Waals surface area contributed by atoms with Gasteiger partial charge in [-0.2, -0.15) is 0 Å². The van der Waals surface area contributed by atoms with Gasteiger partial charge in [0.15, 0.2) is 5.54 Å². The van der Waals surface area contributed by atoms with Crippen LogP contribution in [0.3, 0.4) is 0 Å². The van der Waals surface area contributed by atoms with Crippen molar-refractivity contribution in [3.05, 3.63) is 0 Å². The first-order valence-electron chi connectivity index (χ1n) is 6.32. The highest BCUT2D eigenvalue weighted by Crippen LogP contribution is 2.23. The summed E-state index contributed by atoms with van der Waals surface area (Å²) >= 11 is 0. The molecule has 0 radical (unpaired) electrons. The maximum Gasteiger partial charge on any atom is 0.331 e. The lowest BCUT2D eigenvalue weighted by Gasteiger charge is -2.31. The Morgan fingerprint density at radius 3 is 2.79 bits per heavy atom. The van der Waals surface area contributed by atoms with Gasteiger partial charge in [-0.1, -0.05) is 0 Å². The average Bonchev–Trinajstić information content (AvgIpc) is 2.82. The van der Waals surface area contributed by atoms with Crippen LogP contribution < -0.4 is 5.32 Å². The molecule has 0 aliphatic carbocycles. The quantitative estimate of drug-likeness (QED) is 0.701. The lowest BCUT2D eigenvalue weighted by molar-refractivity contribution is -0.149. The minimum absolute atomic E-state index is 0.0192. The third-order valence-corrected chi connectivity index (χ3v) is 3.82. The first-order valence-corrected chi connectivity index (χ1v) is 6.32. The second kappa shape index (κ2) is 5.16. The summed E-state index contributed by atoms with van der Waals surface area (Å²) in [6, 6.07) is 0. The van der Waals surface area contributed by atoms with E-state index < -0.39 is 17.4 Å². The zero-order valence-electron chi connectivity index (χ0n) is 10.8. The smallest absolute Gasteiger partial charge is 0.331 e. The average molecular weight is 270 g/mol. The molecule has 2 unspecified atom stereocenters. The molecule has 2 aliphatic rings. The fraction of sp³-hybridized carbons (Fsp3) is 0.750. The third-order valence-electron chi connectivity index (χ3n) is 3.82. The van der Waals surface area contributed by atoms with Crippen molar-refractivity contribution in [2.75, 3.05) is 26.8 Å². The Morgan fingerprint density at radius 1 is 1.53 bits per heavy atom. The van der Waals surface area contributed by atoms with Gasteiger partial charge in [0, 0.05) is 39.0 Å². The fourth-order valence-corrected chi connectivity index (χ4v) is 2.39. The largest absolute Gasteiger partial charge is 0.479 e. The molecule has 2 heterocycles. The summed E-state index contributed by atoms with van der Waals surface area (Å²) < 4.78 is 5.08. The molecule has 0 bridgehead atoms. The molecule has 0 aromatic carbocycles. The Hall–Kier alpha value is -1.63. The molecule has 2 N–H and O–H groups in total. The van der Waals surface area contributed by atoms with E-state index >= 15 is 0 Å². The number of hydrogen-bond donors (Lipinski definition) is 2. The molecule has 0 aromatic rings. The van der Waals surface area contributed by atoms with Crippen LogP contribution in [0.2, 0.25) is 0 Å². The maximum absolute atomic E-state index is 12.1. The molecular weight excluding hydrogens is 252 g/mol. The Bertz CT molecular complexity index is 403.